The molecule has 1 aliphatic heterocycles. The van der Waals surface area contributed by atoms with Crippen LogP contribution in [0.4, 0.5) is 11.4 Å². The Labute approximate surface area is 181 Å². The molecule has 0 bridgehead atoms. The van der Waals surface area contributed by atoms with Gasteiger partial charge in [0.25, 0.3) is 0 Å². The van der Waals surface area contributed by atoms with Gasteiger partial charge in [-0.25, -0.2) is 0 Å². The van der Waals surface area contributed by atoms with E-state index in [1.807, 2.05) is 7.05 Å². The summed E-state index contributed by atoms with van der Waals surface area (Å²) in [5.41, 5.74) is 8.47. The fraction of sp³-hybridized carbons (Fsp3) is 0.440. The Morgan fingerprint density at radius 3 is 2.43 bits per heavy atom. The smallest absolute Gasteiger partial charge is 0.155 e. The summed E-state index contributed by atoms with van der Waals surface area (Å²) in [7, 11) is 4.08. The van der Waals surface area contributed by atoms with Crippen molar-refractivity contribution in [2.24, 2.45) is 0 Å². The molecule has 3 rings (SSSR count). The van der Waals surface area contributed by atoms with Gasteiger partial charge in [0.15, 0.2) is 6.29 Å². The number of aliphatic hydroxyl groups is 1. The standard InChI is InChI=1S/C25H36N4O/c1-5-7-19-8-11-21(12-9-19)28-25-27-17-20(14-15-30)24(29(25)4)22-13-10-18(6-2)16-23(22)26-3/h8-13,16,25-28,30H,5-7,14-15,17H2,1-4H3. The minimum Gasteiger partial charge on any atom is -0.396 e. The van der Waals surface area contributed by atoms with E-state index in [1.165, 1.54) is 28.0 Å². The first-order valence-corrected chi connectivity index (χ1v) is 11.1. The van der Waals surface area contributed by atoms with E-state index in [1.54, 1.807) is 0 Å². The van der Waals surface area contributed by atoms with Gasteiger partial charge >= 0.3 is 0 Å². The molecule has 2 aromatic carbocycles. The zero-order chi connectivity index (χ0) is 21.5. The van der Waals surface area contributed by atoms with Gasteiger partial charge in [-0.15, -0.1) is 0 Å². The van der Waals surface area contributed by atoms with E-state index in [4.69, 9.17) is 0 Å². The van der Waals surface area contributed by atoms with E-state index in [0.29, 0.717) is 6.42 Å². The van der Waals surface area contributed by atoms with Crippen molar-refractivity contribution in [1.82, 2.24) is 10.2 Å². The van der Waals surface area contributed by atoms with Gasteiger partial charge in [-0.3, -0.25) is 5.32 Å². The molecule has 2 aromatic rings. The average Bonchev–Trinajstić information content (AvgIpc) is 2.77. The first kappa shape index (κ1) is 22.2. The molecule has 0 amide bonds. The lowest BCUT2D eigenvalue weighted by Gasteiger charge is -2.40. The number of nitrogens with one attached hydrogen (secondary N) is 3. The third-order valence-electron chi connectivity index (χ3n) is 5.81. The topological polar surface area (TPSA) is 59.6 Å². The Morgan fingerprint density at radius 2 is 1.80 bits per heavy atom. The molecule has 5 nitrogen and oxygen atoms in total. The fourth-order valence-corrected chi connectivity index (χ4v) is 4.13. The normalized spacial score (nSPS) is 16.7. The summed E-state index contributed by atoms with van der Waals surface area (Å²) in [6.07, 6.45) is 3.90. The van der Waals surface area contributed by atoms with Crippen LogP contribution in [0.3, 0.4) is 0 Å². The second-order valence-electron chi connectivity index (χ2n) is 7.89. The second-order valence-corrected chi connectivity index (χ2v) is 7.89. The van der Waals surface area contributed by atoms with Crippen LogP contribution in [-0.2, 0) is 12.8 Å². The Hall–Kier alpha value is -2.50. The van der Waals surface area contributed by atoms with Crippen LogP contribution < -0.4 is 16.0 Å². The van der Waals surface area contributed by atoms with Crippen LogP contribution in [0.1, 0.15) is 43.4 Å². The Morgan fingerprint density at radius 1 is 1.07 bits per heavy atom. The van der Waals surface area contributed by atoms with Crippen LogP contribution in [0.25, 0.3) is 5.70 Å². The van der Waals surface area contributed by atoms with Crippen molar-refractivity contribution in [3.8, 4) is 0 Å². The minimum atomic E-state index is -0.0324. The molecular weight excluding hydrogens is 372 g/mol. The Balaban J connectivity index is 1.90. The molecule has 0 saturated carbocycles. The molecular formula is C25H36N4O. The van der Waals surface area contributed by atoms with E-state index in [2.05, 4.69) is 84.2 Å². The monoisotopic (exact) mass is 408 g/mol. The molecule has 4 N–H and O–H groups in total. The van der Waals surface area contributed by atoms with Gasteiger partial charge in [-0.1, -0.05) is 44.5 Å². The molecule has 162 valence electrons. The average molecular weight is 409 g/mol. The molecule has 0 aromatic heterocycles. The van der Waals surface area contributed by atoms with Crippen LogP contribution in [0.2, 0.25) is 0 Å². The third-order valence-corrected chi connectivity index (χ3v) is 5.81. The lowest BCUT2D eigenvalue weighted by Crippen LogP contribution is -2.52. The first-order valence-electron chi connectivity index (χ1n) is 11.1. The number of nitrogens with zero attached hydrogens (tertiary/aromatic N) is 1. The third kappa shape index (κ3) is 4.97. The maximum atomic E-state index is 9.64. The van der Waals surface area contributed by atoms with Crippen molar-refractivity contribution in [2.45, 2.75) is 45.8 Å². The molecule has 0 saturated heterocycles. The highest BCUT2D eigenvalue weighted by Crippen LogP contribution is 2.33. The SMILES string of the molecule is CCCc1ccc(NC2NCC(CCO)=C(c3ccc(CC)cc3NC)N2C)cc1. The molecule has 0 aliphatic carbocycles. The number of anilines is 2. The van der Waals surface area contributed by atoms with Crippen molar-refractivity contribution in [3.05, 3.63) is 64.7 Å². The zero-order valence-corrected chi connectivity index (χ0v) is 18.8. The van der Waals surface area contributed by atoms with E-state index in [-0.39, 0.29) is 12.9 Å². The minimum absolute atomic E-state index is 0.0324. The molecule has 5 heteroatoms. The first-order chi connectivity index (χ1) is 14.6. The number of rotatable bonds is 9. The van der Waals surface area contributed by atoms with Gasteiger partial charge < -0.3 is 20.6 Å². The van der Waals surface area contributed by atoms with E-state index >= 15 is 0 Å². The van der Waals surface area contributed by atoms with E-state index < -0.39 is 0 Å². The molecule has 1 aliphatic rings. The van der Waals surface area contributed by atoms with Crippen molar-refractivity contribution >= 4 is 17.1 Å². The van der Waals surface area contributed by atoms with Crippen LogP contribution in [0, 0.1) is 0 Å². The molecule has 0 fully saturated rings. The van der Waals surface area contributed by atoms with Gasteiger partial charge in [-0.05, 0) is 54.2 Å². The van der Waals surface area contributed by atoms with Crippen LogP contribution >= 0.6 is 0 Å². The quantitative estimate of drug-likeness (QED) is 0.499. The predicted octanol–water partition coefficient (Wildman–Crippen LogP) is 4.27. The van der Waals surface area contributed by atoms with Gasteiger partial charge in [-0.2, -0.15) is 0 Å². The highest BCUT2D eigenvalue weighted by Gasteiger charge is 2.27. The number of hydrogen-bond donors (Lipinski definition) is 4. The molecule has 1 atom stereocenters. The summed E-state index contributed by atoms with van der Waals surface area (Å²) in [6, 6.07) is 15.3. The Bertz CT molecular complexity index is 860. The maximum Gasteiger partial charge on any atom is 0.155 e. The molecule has 1 unspecified atom stereocenters. The summed E-state index contributed by atoms with van der Waals surface area (Å²) >= 11 is 0. The summed E-state index contributed by atoms with van der Waals surface area (Å²) < 4.78 is 0. The van der Waals surface area contributed by atoms with E-state index in [0.717, 1.165) is 37.2 Å². The molecule has 0 spiro atoms. The largest absolute Gasteiger partial charge is 0.396 e. The summed E-state index contributed by atoms with van der Waals surface area (Å²) in [4.78, 5) is 2.25. The van der Waals surface area contributed by atoms with Gasteiger partial charge in [0, 0.05) is 49.9 Å². The molecule has 1 heterocycles. The summed E-state index contributed by atoms with van der Waals surface area (Å²) in [6.45, 7) is 5.27. The van der Waals surface area contributed by atoms with Gasteiger partial charge in [0.2, 0.25) is 0 Å². The fourth-order valence-electron chi connectivity index (χ4n) is 4.13. The lowest BCUT2D eigenvalue weighted by atomic mass is 9.97. The predicted molar refractivity (Wildman–Crippen MR) is 128 cm³/mol. The Kier molecular flexibility index (Phi) is 7.77. The number of aliphatic hydroxyl groups excluding tert-OH is 1. The van der Waals surface area contributed by atoms with Crippen molar-refractivity contribution in [2.75, 3.05) is 37.9 Å². The second kappa shape index (κ2) is 10.5. The van der Waals surface area contributed by atoms with Crippen LogP contribution in [-0.4, -0.2) is 43.5 Å². The van der Waals surface area contributed by atoms with Crippen molar-refractivity contribution in [1.29, 1.82) is 0 Å². The van der Waals surface area contributed by atoms with E-state index in [9.17, 15) is 5.11 Å². The van der Waals surface area contributed by atoms with Gasteiger partial charge in [0.05, 0.1) is 0 Å². The van der Waals surface area contributed by atoms with Gasteiger partial charge in [0.1, 0.15) is 0 Å². The number of hydrogen-bond acceptors (Lipinski definition) is 5. The number of aryl methyl sites for hydroxylation is 2. The zero-order valence-electron chi connectivity index (χ0n) is 18.8. The van der Waals surface area contributed by atoms with Crippen molar-refractivity contribution in [3.63, 3.8) is 0 Å². The highest BCUT2D eigenvalue weighted by molar-refractivity contribution is 5.78. The summed E-state index contributed by atoms with van der Waals surface area (Å²) in [5, 5.41) is 20.2. The molecule has 0 radical (unpaired) electrons. The lowest BCUT2D eigenvalue weighted by molar-refractivity contribution is 0.280. The van der Waals surface area contributed by atoms with Crippen LogP contribution in [0.15, 0.2) is 48.0 Å². The van der Waals surface area contributed by atoms with Crippen LogP contribution in [0.5, 0.6) is 0 Å². The molecule has 30 heavy (non-hydrogen) atoms. The maximum absolute atomic E-state index is 9.64. The summed E-state index contributed by atoms with van der Waals surface area (Å²) in [5.74, 6) is 0. The van der Waals surface area contributed by atoms with Crippen molar-refractivity contribution < 1.29 is 5.11 Å². The number of benzene rings is 2. The highest BCUT2D eigenvalue weighted by atomic mass is 16.3.